The molecule has 0 radical (unpaired) electrons. The fourth-order valence-electron chi connectivity index (χ4n) is 2.68. The number of ether oxygens (including phenoxy) is 2. The van der Waals surface area contributed by atoms with Crippen molar-refractivity contribution in [3.8, 4) is 11.8 Å². The van der Waals surface area contributed by atoms with Crippen molar-refractivity contribution in [1.29, 1.82) is 5.26 Å². The molecule has 0 saturated carbocycles. The summed E-state index contributed by atoms with van der Waals surface area (Å²) in [5.74, 6) is 0.139. The largest absolute Gasteiger partial charge is 0.480 e. The number of nitrogens with zero attached hydrogens (tertiary/aromatic N) is 1. The second-order valence-corrected chi connectivity index (χ2v) is 5.48. The molecule has 4 nitrogen and oxygen atoms in total. The molecule has 0 N–H and O–H groups in total. The highest BCUT2D eigenvalue weighted by Crippen LogP contribution is 2.38. The second-order valence-electron chi connectivity index (χ2n) is 5.48. The van der Waals surface area contributed by atoms with Crippen molar-refractivity contribution in [1.82, 2.24) is 0 Å². The number of benzene rings is 2. The lowest BCUT2D eigenvalue weighted by Gasteiger charge is -2.26. The van der Waals surface area contributed by atoms with Crippen LogP contribution in [0.5, 0.6) is 5.75 Å². The summed E-state index contributed by atoms with van der Waals surface area (Å²) in [4.78, 5) is 12.0. The van der Waals surface area contributed by atoms with E-state index in [2.05, 4.69) is 0 Å². The van der Waals surface area contributed by atoms with Crippen LogP contribution in [-0.2, 0) is 9.53 Å². The van der Waals surface area contributed by atoms with Gasteiger partial charge in [-0.15, -0.1) is 0 Å². The summed E-state index contributed by atoms with van der Waals surface area (Å²) in [6.45, 7) is 1.93. The lowest BCUT2D eigenvalue weighted by atomic mass is 9.94. The molecule has 25 heavy (non-hydrogen) atoms. The minimum absolute atomic E-state index is 0.0444. The third-order valence-corrected chi connectivity index (χ3v) is 3.82. The maximum absolute atomic E-state index is 12.0. The molecule has 0 aliphatic carbocycles. The molecule has 1 atom stereocenters. The van der Waals surface area contributed by atoms with Crippen LogP contribution in [0.4, 0.5) is 0 Å². The smallest absolute Gasteiger partial charge is 0.348 e. The molecule has 0 saturated heterocycles. The molecule has 0 spiro atoms. The minimum atomic E-state index is -0.628. The topological polar surface area (TPSA) is 59.3 Å². The van der Waals surface area contributed by atoms with Gasteiger partial charge in [-0.3, -0.25) is 0 Å². The number of nitriles is 1. The van der Waals surface area contributed by atoms with E-state index in [1.807, 2.05) is 66.7 Å². The van der Waals surface area contributed by atoms with Gasteiger partial charge in [0.2, 0.25) is 0 Å². The van der Waals surface area contributed by atoms with Crippen molar-refractivity contribution < 1.29 is 14.3 Å². The van der Waals surface area contributed by atoms with Gasteiger partial charge in [0.25, 0.3) is 0 Å². The van der Waals surface area contributed by atoms with Gasteiger partial charge >= 0.3 is 5.97 Å². The van der Waals surface area contributed by atoms with Gasteiger partial charge in [-0.05, 0) is 36.3 Å². The number of hydrogen-bond donors (Lipinski definition) is 0. The first-order valence-corrected chi connectivity index (χ1v) is 8.04. The van der Waals surface area contributed by atoms with Crippen molar-refractivity contribution in [3.05, 3.63) is 82.9 Å². The number of fused-ring (bicyclic) bond motifs is 1. The molecule has 4 heteroatoms. The zero-order chi connectivity index (χ0) is 17.6. The molecule has 2 aromatic carbocycles. The Kier molecular flexibility index (Phi) is 4.96. The zero-order valence-corrected chi connectivity index (χ0v) is 13.8. The van der Waals surface area contributed by atoms with Crippen molar-refractivity contribution in [3.63, 3.8) is 0 Å². The number of para-hydroxylation sites is 1. The lowest BCUT2D eigenvalue weighted by Crippen LogP contribution is -2.15. The monoisotopic (exact) mass is 331 g/mol. The maximum atomic E-state index is 12.0. The molecule has 1 aliphatic heterocycles. The third kappa shape index (κ3) is 3.61. The highest BCUT2D eigenvalue weighted by Gasteiger charge is 2.24. The van der Waals surface area contributed by atoms with Gasteiger partial charge in [0.15, 0.2) is 0 Å². The fourth-order valence-corrected chi connectivity index (χ4v) is 2.68. The van der Waals surface area contributed by atoms with Crippen molar-refractivity contribution >= 4 is 12.0 Å². The second kappa shape index (κ2) is 7.50. The summed E-state index contributed by atoms with van der Waals surface area (Å²) >= 11 is 0. The van der Waals surface area contributed by atoms with Gasteiger partial charge in [-0.2, -0.15) is 5.26 Å². The van der Waals surface area contributed by atoms with Crippen LogP contribution in [0.3, 0.4) is 0 Å². The third-order valence-electron chi connectivity index (χ3n) is 3.82. The molecule has 0 bridgehead atoms. The fraction of sp³-hybridized carbons (Fsp3) is 0.143. The van der Waals surface area contributed by atoms with Gasteiger partial charge in [0.05, 0.1) is 6.61 Å². The van der Waals surface area contributed by atoms with Gasteiger partial charge < -0.3 is 9.47 Å². The quantitative estimate of drug-likeness (QED) is 0.478. The Labute approximate surface area is 146 Å². The van der Waals surface area contributed by atoms with Crippen LogP contribution in [0.25, 0.3) is 6.08 Å². The van der Waals surface area contributed by atoms with Crippen LogP contribution in [0.1, 0.15) is 24.2 Å². The molecule has 0 amide bonds. The SMILES string of the molecule is CCOC(=O)C(C#N)=CC1=Cc2ccccc2OC1c1ccccc1. The Bertz CT molecular complexity index is 876. The van der Waals surface area contributed by atoms with E-state index >= 15 is 0 Å². The molecule has 124 valence electrons. The van der Waals surface area contributed by atoms with Crippen molar-refractivity contribution in [2.45, 2.75) is 13.0 Å². The van der Waals surface area contributed by atoms with E-state index < -0.39 is 12.1 Å². The molecule has 0 aromatic heterocycles. The first-order valence-electron chi connectivity index (χ1n) is 8.04. The predicted molar refractivity (Wildman–Crippen MR) is 94.6 cm³/mol. The standard InChI is InChI=1S/C21H17NO3/c1-2-24-21(23)18(14-22)13-17-12-16-10-6-7-11-19(16)25-20(17)15-8-4-3-5-9-15/h3-13,20H,2H2,1H3. The molecular formula is C21H17NO3. The highest BCUT2D eigenvalue weighted by atomic mass is 16.5. The number of hydrogen-bond acceptors (Lipinski definition) is 4. The molecular weight excluding hydrogens is 314 g/mol. The molecule has 0 fully saturated rings. The summed E-state index contributed by atoms with van der Waals surface area (Å²) in [5, 5.41) is 9.32. The van der Waals surface area contributed by atoms with E-state index in [1.165, 1.54) is 0 Å². The first kappa shape index (κ1) is 16.5. The van der Waals surface area contributed by atoms with Crippen LogP contribution >= 0.6 is 0 Å². The van der Waals surface area contributed by atoms with E-state index in [9.17, 15) is 10.1 Å². The summed E-state index contributed by atoms with van der Waals surface area (Å²) in [6, 6.07) is 19.3. The Morgan fingerprint density at radius 3 is 2.64 bits per heavy atom. The van der Waals surface area contributed by atoms with Gasteiger partial charge in [0, 0.05) is 5.56 Å². The van der Waals surface area contributed by atoms with Crippen molar-refractivity contribution in [2.75, 3.05) is 6.61 Å². The number of rotatable bonds is 4. The van der Waals surface area contributed by atoms with Crippen LogP contribution in [0, 0.1) is 11.3 Å². The van der Waals surface area contributed by atoms with Gasteiger partial charge in [-0.1, -0.05) is 48.5 Å². The van der Waals surface area contributed by atoms with Gasteiger partial charge in [-0.25, -0.2) is 4.79 Å². The van der Waals surface area contributed by atoms with E-state index in [-0.39, 0.29) is 12.2 Å². The molecule has 1 unspecified atom stereocenters. The summed E-state index contributed by atoms with van der Waals surface area (Å²) in [5.41, 5.74) is 2.54. The Balaban J connectivity index is 2.07. The minimum Gasteiger partial charge on any atom is -0.480 e. The molecule has 2 aromatic rings. The molecule has 3 rings (SSSR count). The summed E-state index contributed by atoms with van der Waals surface area (Å²) in [6.07, 6.45) is 3.09. The average molecular weight is 331 g/mol. The van der Waals surface area contributed by atoms with Crippen LogP contribution in [0.15, 0.2) is 71.8 Å². The normalized spacial score (nSPS) is 16.1. The summed E-state index contributed by atoms with van der Waals surface area (Å²) < 4.78 is 11.1. The predicted octanol–water partition coefficient (Wildman–Crippen LogP) is 4.22. The number of esters is 1. The molecule has 1 aliphatic rings. The number of carbonyl (C=O) groups excluding carboxylic acids is 1. The van der Waals surface area contributed by atoms with Crippen LogP contribution in [-0.4, -0.2) is 12.6 Å². The van der Waals surface area contributed by atoms with Crippen LogP contribution < -0.4 is 4.74 Å². The Morgan fingerprint density at radius 1 is 1.20 bits per heavy atom. The van der Waals surface area contributed by atoms with E-state index in [0.29, 0.717) is 0 Å². The van der Waals surface area contributed by atoms with Gasteiger partial charge in [0.1, 0.15) is 23.5 Å². The first-order chi connectivity index (χ1) is 12.2. The van der Waals surface area contributed by atoms with Crippen LogP contribution in [0.2, 0.25) is 0 Å². The van der Waals surface area contributed by atoms with E-state index in [1.54, 1.807) is 13.0 Å². The summed E-state index contributed by atoms with van der Waals surface area (Å²) in [7, 11) is 0. The Hall–Kier alpha value is -3.32. The average Bonchev–Trinajstić information content (AvgIpc) is 2.66. The van der Waals surface area contributed by atoms with E-state index in [0.717, 1.165) is 22.4 Å². The van der Waals surface area contributed by atoms with E-state index in [4.69, 9.17) is 9.47 Å². The maximum Gasteiger partial charge on any atom is 0.348 e. The highest BCUT2D eigenvalue weighted by molar-refractivity contribution is 5.93. The Morgan fingerprint density at radius 2 is 1.92 bits per heavy atom. The number of carbonyl (C=O) groups is 1. The zero-order valence-electron chi connectivity index (χ0n) is 13.8. The molecule has 1 heterocycles. The lowest BCUT2D eigenvalue weighted by molar-refractivity contribution is -0.138. The van der Waals surface area contributed by atoms with Crippen molar-refractivity contribution in [2.24, 2.45) is 0 Å².